The van der Waals surface area contributed by atoms with Gasteiger partial charge in [0.2, 0.25) is 0 Å². The first-order chi connectivity index (χ1) is 9.67. The number of ether oxygens (including phenoxy) is 1. The van der Waals surface area contributed by atoms with E-state index in [0.717, 1.165) is 32.2 Å². The fourth-order valence-corrected chi connectivity index (χ4v) is 2.77. The topological polar surface area (TPSA) is 75.8 Å². The highest BCUT2D eigenvalue weighted by Gasteiger charge is 2.30. The van der Waals surface area contributed by atoms with E-state index in [4.69, 9.17) is 15.6 Å². The van der Waals surface area contributed by atoms with Gasteiger partial charge in [0.15, 0.2) is 0 Å². The van der Waals surface area contributed by atoms with E-state index in [-0.39, 0.29) is 18.6 Å². The fraction of sp³-hybridized carbons (Fsp3) is 0.533. The van der Waals surface area contributed by atoms with Crippen LogP contribution in [0.3, 0.4) is 0 Å². The lowest BCUT2D eigenvalue weighted by molar-refractivity contribution is 0.0721. The molecule has 20 heavy (non-hydrogen) atoms. The lowest BCUT2D eigenvalue weighted by Gasteiger charge is -2.25. The molecule has 0 aliphatic carbocycles. The molecule has 1 aromatic carbocycles. The van der Waals surface area contributed by atoms with Crippen LogP contribution < -0.4 is 10.5 Å². The van der Waals surface area contributed by atoms with Gasteiger partial charge in [0.05, 0.1) is 12.7 Å². The van der Waals surface area contributed by atoms with Crippen molar-refractivity contribution < 1.29 is 14.6 Å². The molecule has 1 heterocycles. The van der Waals surface area contributed by atoms with Crippen LogP contribution in [0.5, 0.6) is 5.75 Å². The second kappa shape index (κ2) is 6.61. The van der Waals surface area contributed by atoms with Crippen LogP contribution in [0.15, 0.2) is 18.2 Å². The van der Waals surface area contributed by atoms with Gasteiger partial charge in [-0.1, -0.05) is 0 Å². The van der Waals surface area contributed by atoms with Gasteiger partial charge in [-0.15, -0.1) is 0 Å². The summed E-state index contributed by atoms with van der Waals surface area (Å²) in [5.74, 6) is 0.505. The Morgan fingerprint density at radius 2 is 2.35 bits per heavy atom. The van der Waals surface area contributed by atoms with Crippen LogP contribution in [0.25, 0.3) is 0 Å². The molecule has 110 valence electrons. The van der Waals surface area contributed by atoms with Crippen LogP contribution >= 0.6 is 0 Å². The largest absolute Gasteiger partial charge is 0.496 e. The third-order valence-electron chi connectivity index (χ3n) is 3.79. The molecular formula is C15H22N2O3. The number of hydrogen-bond acceptors (Lipinski definition) is 4. The normalized spacial score (nSPS) is 18.3. The van der Waals surface area contributed by atoms with Crippen molar-refractivity contribution in [2.75, 3.05) is 26.0 Å². The maximum atomic E-state index is 12.7. The molecule has 5 nitrogen and oxygen atoms in total. The highest BCUT2D eigenvalue weighted by Crippen LogP contribution is 2.28. The predicted octanol–water partition coefficient (Wildman–Crippen LogP) is 1.65. The zero-order valence-corrected chi connectivity index (χ0v) is 11.8. The van der Waals surface area contributed by atoms with E-state index >= 15 is 0 Å². The number of nitrogens with two attached hydrogens (primary N) is 1. The van der Waals surface area contributed by atoms with Crippen molar-refractivity contribution in [2.45, 2.75) is 31.7 Å². The first-order valence-electron chi connectivity index (χ1n) is 7.02. The third-order valence-corrected chi connectivity index (χ3v) is 3.79. The fourth-order valence-electron chi connectivity index (χ4n) is 2.77. The Hall–Kier alpha value is -1.75. The number of likely N-dealkylation sites (tertiary alicyclic amines) is 1. The van der Waals surface area contributed by atoms with E-state index in [0.29, 0.717) is 17.0 Å². The van der Waals surface area contributed by atoms with E-state index in [1.165, 1.54) is 0 Å². The van der Waals surface area contributed by atoms with Gasteiger partial charge < -0.3 is 20.5 Å². The second-order valence-electron chi connectivity index (χ2n) is 5.12. The average molecular weight is 278 g/mol. The van der Waals surface area contributed by atoms with Crippen molar-refractivity contribution in [2.24, 2.45) is 0 Å². The maximum absolute atomic E-state index is 12.7. The molecule has 1 aromatic rings. The number of carbonyl (C=O) groups excluding carboxylic acids is 1. The number of aliphatic hydroxyl groups is 1. The third kappa shape index (κ3) is 3.04. The number of nitrogen functional groups attached to an aromatic ring is 1. The Labute approximate surface area is 119 Å². The monoisotopic (exact) mass is 278 g/mol. The lowest BCUT2D eigenvalue weighted by Crippen LogP contribution is -2.35. The number of rotatable bonds is 5. The van der Waals surface area contributed by atoms with E-state index in [2.05, 4.69) is 0 Å². The number of nitrogens with zero attached hydrogens (tertiary/aromatic N) is 1. The van der Waals surface area contributed by atoms with Crippen LogP contribution in [-0.2, 0) is 0 Å². The number of amides is 1. The van der Waals surface area contributed by atoms with Gasteiger partial charge in [-0.3, -0.25) is 4.79 Å². The summed E-state index contributed by atoms with van der Waals surface area (Å²) >= 11 is 0. The molecule has 1 aliphatic rings. The zero-order valence-electron chi connectivity index (χ0n) is 11.8. The molecule has 1 unspecified atom stereocenters. The molecule has 0 saturated carbocycles. The second-order valence-corrected chi connectivity index (χ2v) is 5.12. The molecule has 0 bridgehead atoms. The number of hydrogen-bond donors (Lipinski definition) is 2. The molecule has 1 atom stereocenters. The van der Waals surface area contributed by atoms with Crippen molar-refractivity contribution in [3.63, 3.8) is 0 Å². The molecule has 1 aliphatic heterocycles. The molecule has 0 spiro atoms. The molecule has 5 heteroatoms. The van der Waals surface area contributed by atoms with Gasteiger partial charge in [0.25, 0.3) is 5.91 Å². The van der Waals surface area contributed by atoms with Crippen molar-refractivity contribution in [1.29, 1.82) is 0 Å². The Balaban J connectivity index is 2.17. The number of aliphatic hydroxyl groups excluding tert-OH is 1. The highest BCUT2D eigenvalue weighted by molar-refractivity contribution is 5.97. The molecule has 0 aromatic heterocycles. The Morgan fingerprint density at radius 3 is 3.05 bits per heavy atom. The molecule has 1 fully saturated rings. The van der Waals surface area contributed by atoms with Gasteiger partial charge in [-0.2, -0.15) is 0 Å². The Kier molecular flexibility index (Phi) is 4.84. The van der Waals surface area contributed by atoms with E-state index in [1.54, 1.807) is 25.3 Å². The van der Waals surface area contributed by atoms with Crippen molar-refractivity contribution >= 4 is 11.6 Å². The SMILES string of the molecule is COc1cc(N)ccc1C(=O)N1CCCC1CCCO. The molecule has 2 rings (SSSR count). The molecule has 0 radical (unpaired) electrons. The summed E-state index contributed by atoms with van der Waals surface area (Å²) in [6, 6.07) is 5.33. The van der Waals surface area contributed by atoms with Crippen LogP contribution in [0.4, 0.5) is 5.69 Å². The van der Waals surface area contributed by atoms with Gasteiger partial charge in [-0.25, -0.2) is 0 Å². The summed E-state index contributed by atoms with van der Waals surface area (Å²) in [7, 11) is 1.54. The summed E-state index contributed by atoms with van der Waals surface area (Å²) in [6.07, 6.45) is 3.59. The zero-order chi connectivity index (χ0) is 14.5. The molecular weight excluding hydrogens is 256 g/mol. The summed E-state index contributed by atoms with van der Waals surface area (Å²) in [5.41, 5.74) is 6.85. The maximum Gasteiger partial charge on any atom is 0.257 e. The molecule has 1 saturated heterocycles. The summed E-state index contributed by atoms with van der Waals surface area (Å²) < 4.78 is 5.26. The van der Waals surface area contributed by atoms with Gasteiger partial charge in [0, 0.05) is 30.9 Å². The Morgan fingerprint density at radius 1 is 1.55 bits per heavy atom. The van der Waals surface area contributed by atoms with Crippen LogP contribution in [0, 0.1) is 0 Å². The highest BCUT2D eigenvalue weighted by atomic mass is 16.5. The number of benzene rings is 1. The number of methoxy groups -OCH3 is 1. The standard InChI is InChI=1S/C15H22N2O3/c1-20-14-10-11(16)6-7-13(14)15(19)17-8-2-4-12(17)5-3-9-18/h6-7,10,12,18H,2-5,8-9,16H2,1H3. The minimum absolute atomic E-state index is 0.0118. The molecule has 1 amide bonds. The number of carbonyl (C=O) groups is 1. The minimum Gasteiger partial charge on any atom is -0.496 e. The molecule has 3 N–H and O–H groups in total. The van der Waals surface area contributed by atoms with Gasteiger partial charge in [0.1, 0.15) is 5.75 Å². The average Bonchev–Trinajstić information content (AvgIpc) is 2.92. The quantitative estimate of drug-likeness (QED) is 0.803. The predicted molar refractivity (Wildman–Crippen MR) is 77.8 cm³/mol. The van der Waals surface area contributed by atoms with Gasteiger partial charge in [-0.05, 0) is 37.8 Å². The smallest absolute Gasteiger partial charge is 0.257 e. The van der Waals surface area contributed by atoms with Crippen molar-refractivity contribution in [3.05, 3.63) is 23.8 Å². The van der Waals surface area contributed by atoms with E-state index in [1.807, 2.05) is 4.90 Å². The minimum atomic E-state index is -0.0118. The van der Waals surface area contributed by atoms with Gasteiger partial charge >= 0.3 is 0 Å². The van der Waals surface area contributed by atoms with Crippen LogP contribution in [-0.4, -0.2) is 42.2 Å². The lowest BCUT2D eigenvalue weighted by atomic mass is 10.1. The number of anilines is 1. The first-order valence-corrected chi connectivity index (χ1v) is 7.02. The summed E-state index contributed by atoms with van der Waals surface area (Å²) in [4.78, 5) is 14.5. The van der Waals surface area contributed by atoms with Crippen molar-refractivity contribution in [3.8, 4) is 5.75 Å². The summed E-state index contributed by atoms with van der Waals surface area (Å²) in [6.45, 7) is 0.937. The van der Waals surface area contributed by atoms with E-state index < -0.39 is 0 Å². The Bertz CT molecular complexity index is 476. The summed E-state index contributed by atoms with van der Waals surface area (Å²) in [5, 5.41) is 8.94. The van der Waals surface area contributed by atoms with Crippen LogP contribution in [0.1, 0.15) is 36.0 Å². The van der Waals surface area contributed by atoms with Crippen LogP contribution in [0.2, 0.25) is 0 Å². The first kappa shape index (κ1) is 14.7. The van der Waals surface area contributed by atoms with Crippen molar-refractivity contribution in [1.82, 2.24) is 4.90 Å². The van der Waals surface area contributed by atoms with E-state index in [9.17, 15) is 4.79 Å².